The number of thioether (sulfide) groups is 2. The zero-order valence-corrected chi connectivity index (χ0v) is 17.8. The summed E-state index contributed by atoms with van der Waals surface area (Å²) in [5.41, 5.74) is 0. The average molecular weight is 425 g/mol. The molecule has 10 heteroatoms. The number of nitrogens with zero attached hydrogens (tertiary/aromatic N) is 2. The lowest BCUT2D eigenvalue weighted by atomic mass is 10.1. The van der Waals surface area contributed by atoms with Crippen LogP contribution in [0.5, 0.6) is 0 Å². The molecule has 0 unspecified atom stereocenters. The lowest BCUT2D eigenvalue weighted by Gasteiger charge is -2.12. The summed E-state index contributed by atoms with van der Waals surface area (Å²) < 4.78 is 3.84. The highest BCUT2D eigenvalue weighted by molar-refractivity contribution is 8.18. The number of aromatic amines is 2. The summed E-state index contributed by atoms with van der Waals surface area (Å²) in [5, 5.41) is 14.2. The van der Waals surface area contributed by atoms with Gasteiger partial charge < -0.3 is 0 Å². The zero-order chi connectivity index (χ0) is 16.5. The van der Waals surface area contributed by atoms with Gasteiger partial charge in [-0.25, -0.2) is 0 Å². The van der Waals surface area contributed by atoms with Crippen LogP contribution in [0.2, 0.25) is 0 Å². The van der Waals surface area contributed by atoms with E-state index in [2.05, 4.69) is 27.3 Å². The van der Waals surface area contributed by atoms with E-state index in [1.165, 1.54) is 61.2 Å². The Morgan fingerprint density at radius 1 is 0.913 bits per heavy atom. The first-order valence-electron chi connectivity index (χ1n) is 7.61. The lowest BCUT2D eigenvalue weighted by Crippen LogP contribution is -1.97. The Kier molecular flexibility index (Phi) is 9.36. The highest BCUT2D eigenvalue weighted by Crippen LogP contribution is 2.39. The highest BCUT2D eigenvalue weighted by Gasteiger charge is 2.16. The van der Waals surface area contributed by atoms with Crippen LogP contribution in [0.1, 0.15) is 51.9 Å². The van der Waals surface area contributed by atoms with Crippen LogP contribution in [0.3, 0.4) is 0 Å². The smallest absolute Gasteiger partial charge is 0.177 e. The van der Waals surface area contributed by atoms with Crippen LogP contribution >= 0.6 is 70.6 Å². The molecule has 128 valence electrons. The fourth-order valence-electron chi connectivity index (χ4n) is 1.99. The molecule has 0 bridgehead atoms. The van der Waals surface area contributed by atoms with E-state index in [1.54, 1.807) is 23.5 Å². The van der Waals surface area contributed by atoms with Crippen molar-refractivity contribution in [1.82, 2.24) is 20.4 Å². The van der Waals surface area contributed by atoms with E-state index in [4.69, 9.17) is 24.4 Å². The monoisotopic (exact) mass is 424 g/mol. The fraction of sp³-hybridized carbons (Fsp3) is 0.692. The van der Waals surface area contributed by atoms with Crippen molar-refractivity contribution < 1.29 is 0 Å². The minimum Gasteiger partial charge on any atom is -0.257 e. The standard InChI is InChI=1S/C13H20N4S6/c1-2-3-4-5-6-7-8-9(20-12-16-14-10(18)22-12)21-13-17-15-11(19)23-13/h9H,2-8H2,1H3,(H,14,18)(H,15,19). The van der Waals surface area contributed by atoms with Gasteiger partial charge in [0.2, 0.25) is 0 Å². The Bertz CT molecular complexity index is 622. The largest absolute Gasteiger partial charge is 0.257 e. The van der Waals surface area contributed by atoms with Gasteiger partial charge in [0, 0.05) is 0 Å². The van der Waals surface area contributed by atoms with Crippen LogP contribution in [0.4, 0.5) is 0 Å². The predicted octanol–water partition coefficient (Wildman–Crippen LogP) is 6.68. The number of nitrogens with one attached hydrogen (secondary N) is 2. The van der Waals surface area contributed by atoms with E-state index in [0.29, 0.717) is 4.58 Å². The highest BCUT2D eigenvalue weighted by atomic mass is 32.2. The second kappa shape index (κ2) is 11.0. The van der Waals surface area contributed by atoms with Crippen molar-refractivity contribution in [2.24, 2.45) is 0 Å². The summed E-state index contributed by atoms with van der Waals surface area (Å²) in [6, 6.07) is 0. The van der Waals surface area contributed by atoms with E-state index >= 15 is 0 Å². The second-order valence-electron chi connectivity index (χ2n) is 4.98. The number of aromatic nitrogens is 4. The third kappa shape index (κ3) is 7.78. The van der Waals surface area contributed by atoms with Gasteiger partial charge in [0.05, 0.1) is 4.58 Å². The maximum absolute atomic E-state index is 5.12. The van der Waals surface area contributed by atoms with Crippen molar-refractivity contribution in [3.63, 3.8) is 0 Å². The summed E-state index contributed by atoms with van der Waals surface area (Å²) >= 11 is 16.8. The second-order valence-corrected chi connectivity index (χ2v) is 11.5. The molecule has 0 spiro atoms. The minimum atomic E-state index is 0.393. The molecule has 2 aromatic rings. The van der Waals surface area contributed by atoms with E-state index < -0.39 is 0 Å². The molecule has 0 fully saturated rings. The first-order valence-corrected chi connectivity index (χ1v) is 11.8. The summed E-state index contributed by atoms with van der Waals surface area (Å²) in [6.07, 6.45) is 8.99. The Labute approximate surface area is 163 Å². The van der Waals surface area contributed by atoms with Crippen LogP contribution in [0.25, 0.3) is 0 Å². The first-order chi connectivity index (χ1) is 11.2. The predicted molar refractivity (Wildman–Crippen MR) is 108 cm³/mol. The van der Waals surface area contributed by atoms with Gasteiger partial charge in [0.15, 0.2) is 16.6 Å². The van der Waals surface area contributed by atoms with Gasteiger partial charge in [-0.15, -0.1) is 0 Å². The molecule has 2 N–H and O–H groups in total. The number of hydrogen-bond acceptors (Lipinski definition) is 8. The van der Waals surface area contributed by atoms with Gasteiger partial charge in [-0.05, 0) is 30.9 Å². The molecule has 0 amide bonds. The third-order valence-corrected chi connectivity index (χ3v) is 8.10. The third-order valence-electron chi connectivity index (χ3n) is 3.09. The van der Waals surface area contributed by atoms with E-state index in [9.17, 15) is 0 Å². The molecule has 0 aromatic carbocycles. The molecule has 2 rings (SSSR count). The normalized spacial score (nSPS) is 11.4. The van der Waals surface area contributed by atoms with Gasteiger partial charge in [-0.1, -0.05) is 91.6 Å². The van der Waals surface area contributed by atoms with Gasteiger partial charge in [0.1, 0.15) is 0 Å². The van der Waals surface area contributed by atoms with E-state index in [-0.39, 0.29) is 0 Å². The maximum Gasteiger partial charge on any atom is 0.177 e. The number of unbranched alkanes of at least 4 members (excludes halogenated alkanes) is 5. The Balaban J connectivity index is 1.85. The number of H-pyrrole nitrogens is 2. The summed E-state index contributed by atoms with van der Waals surface area (Å²) in [6.45, 7) is 2.25. The molecule has 0 radical (unpaired) electrons. The first kappa shape index (κ1) is 19.6. The van der Waals surface area contributed by atoms with Crippen molar-refractivity contribution in [2.45, 2.75) is 65.1 Å². The molecule has 0 atom stereocenters. The van der Waals surface area contributed by atoms with Crippen LogP contribution < -0.4 is 0 Å². The topological polar surface area (TPSA) is 57.4 Å². The van der Waals surface area contributed by atoms with Gasteiger partial charge >= 0.3 is 0 Å². The molecule has 2 aromatic heterocycles. The molecular weight excluding hydrogens is 405 g/mol. The zero-order valence-electron chi connectivity index (χ0n) is 12.9. The van der Waals surface area contributed by atoms with Crippen LogP contribution in [-0.4, -0.2) is 25.0 Å². The van der Waals surface area contributed by atoms with Gasteiger partial charge in [-0.2, -0.15) is 10.2 Å². The quantitative estimate of drug-likeness (QED) is 0.182. The summed E-state index contributed by atoms with van der Waals surface area (Å²) in [7, 11) is 0. The Hall–Kier alpha value is 0.260. The number of hydrogen-bond donors (Lipinski definition) is 2. The van der Waals surface area contributed by atoms with Gasteiger partial charge in [-0.3, -0.25) is 10.2 Å². The minimum absolute atomic E-state index is 0.393. The summed E-state index contributed by atoms with van der Waals surface area (Å²) in [5.74, 6) is 0. The lowest BCUT2D eigenvalue weighted by molar-refractivity contribution is 0.600. The molecular formula is C13H20N4S6. The Morgan fingerprint density at radius 2 is 1.43 bits per heavy atom. The van der Waals surface area contributed by atoms with Crippen molar-refractivity contribution >= 4 is 70.6 Å². The molecule has 0 saturated heterocycles. The van der Waals surface area contributed by atoms with Crippen molar-refractivity contribution in [3.8, 4) is 0 Å². The van der Waals surface area contributed by atoms with Crippen molar-refractivity contribution in [1.29, 1.82) is 0 Å². The molecule has 0 aliphatic rings. The van der Waals surface area contributed by atoms with Gasteiger partial charge in [0.25, 0.3) is 0 Å². The van der Waals surface area contributed by atoms with E-state index in [1.807, 2.05) is 0 Å². The van der Waals surface area contributed by atoms with Crippen molar-refractivity contribution in [2.75, 3.05) is 0 Å². The van der Waals surface area contributed by atoms with Crippen LogP contribution in [-0.2, 0) is 0 Å². The molecule has 0 aliphatic heterocycles. The maximum atomic E-state index is 5.12. The molecule has 4 nitrogen and oxygen atoms in total. The molecule has 23 heavy (non-hydrogen) atoms. The van der Waals surface area contributed by atoms with Crippen molar-refractivity contribution in [3.05, 3.63) is 7.91 Å². The molecule has 2 heterocycles. The Morgan fingerprint density at radius 3 is 1.91 bits per heavy atom. The SMILES string of the molecule is CCCCCCCCC(Sc1n[nH]c(=S)s1)Sc1n[nH]c(=S)s1. The molecule has 0 saturated carbocycles. The van der Waals surface area contributed by atoms with E-state index in [0.717, 1.165) is 23.0 Å². The fourth-order valence-corrected chi connectivity index (χ4v) is 7.46. The number of rotatable bonds is 11. The average Bonchev–Trinajstić information content (AvgIpc) is 3.11. The molecule has 0 aliphatic carbocycles. The summed E-state index contributed by atoms with van der Waals surface area (Å²) in [4.78, 5) is 0. The van der Waals surface area contributed by atoms with Crippen LogP contribution in [0, 0.1) is 7.91 Å². The van der Waals surface area contributed by atoms with Crippen LogP contribution in [0.15, 0.2) is 8.68 Å².